The number of hydrogen-bond donors (Lipinski definition) is 3. The van der Waals surface area contributed by atoms with Crippen molar-refractivity contribution in [3.05, 3.63) is 119 Å². The molecule has 6 rings (SSSR count). The lowest BCUT2D eigenvalue weighted by molar-refractivity contribution is -0.255. The average molecular weight is 809 g/mol. The number of rotatable bonds is 18. The van der Waals surface area contributed by atoms with Gasteiger partial charge in [-0.2, -0.15) is 5.26 Å². The van der Waals surface area contributed by atoms with Gasteiger partial charge in [-0.15, -0.1) is 6.58 Å². The number of aliphatic hydroxyl groups excluding tert-OH is 2. The van der Waals surface area contributed by atoms with Crippen molar-refractivity contribution >= 4 is 17.7 Å². The maximum absolute atomic E-state index is 15.1. The summed E-state index contributed by atoms with van der Waals surface area (Å²) in [6, 6.07) is 18.9. The van der Waals surface area contributed by atoms with Crippen LogP contribution in [0.5, 0.6) is 11.5 Å². The standard InChI is InChI=1S/C46H53FN4O8/c1-4-24-57-46-41(51(29-31-14-18-34(47)19-15-31)44(54)32-16-12-30(28-48)13-17-32)27-39(50-56-3)37-25-33(10-6-8-22-52)36(11-7-9-23-53)42(43(37)46)38-26-35(20-21-40(38)59-46)58-45(55)49-5-2/h4,12-21,25-26,33,36,41-43,52-53H,1,5-11,22-24,27,29H2,2-3H3,(H,49,55)/t33-,36+,41-,42+,43+,46+/m0/s1. The fourth-order valence-electron chi connectivity index (χ4n) is 9.07. The number of ether oxygens (including phenoxy) is 3. The molecule has 1 aliphatic heterocycles. The monoisotopic (exact) mass is 808 g/mol. The zero-order valence-electron chi connectivity index (χ0n) is 33.6. The summed E-state index contributed by atoms with van der Waals surface area (Å²) < 4.78 is 34.3. The molecule has 1 saturated carbocycles. The molecule has 59 heavy (non-hydrogen) atoms. The zero-order valence-corrected chi connectivity index (χ0v) is 33.6. The normalized spacial score (nSPS) is 23.4. The van der Waals surface area contributed by atoms with Crippen LogP contribution in [0.2, 0.25) is 0 Å². The zero-order chi connectivity index (χ0) is 41.9. The number of carbonyl (C=O) groups is 2. The Bertz CT molecular complexity index is 2050. The molecule has 2 amide bonds. The van der Waals surface area contributed by atoms with E-state index in [9.17, 15) is 24.7 Å². The van der Waals surface area contributed by atoms with Gasteiger partial charge in [0, 0.05) is 49.8 Å². The lowest BCUT2D eigenvalue weighted by Gasteiger charge is -2.60. The van der Waals surface area contributed by atoms with Crippen LogP contribution in [-0.4, -0.2) is 78.1 Å². The number of nitrogens with one attached hydrogen (secondary N) is 1. The maximum Gasteiger partial charge on any atom is 0.412 e. The lowest BCUT2D eigenvalue weighted by Crippen LogP contribution is -2.70. The van der Waals surface area contributed by atoms with Crippen molar-refractivity contribution in [3.63, 3.8) is 0 Å². The molecule has 1 heterocycles. The molecular weight excluding hydrogens is 756 g/mol. The Morgan fingerprint density at radius 1 is 1.07 bits per heavy atom. The van der Waals surface area contributed by atoms with E-state index in [2.05, 4.69) is 29.2 Å². The van der Waals surface area contributed by atoms with Crippen LogP contribution in [-0.2, 0) is 16.1 Å². The van der Waals surface area contributed by atoms with Gasteiger partial charge >= 0.3 is 6.09 Å². The molecule has 0 saturated heterocycles. The number of aliphatic hydroxyl groups is 2. The largest absolute Gasteiger partial charge is 0.459 e. The highest BCUT2D eigenvalue weighted by molar-refractivity contribution is 6.03. The molecule has 0 spiro atoms. The van der Waals surface area contributed by atoms with Crippen LogP contribution < -0.4 is 14.8 Å². The summed E-state index contributed by atoms with van der Waals surface area (Å²) in [5, 5.41) is 36.5. The van der Waals surface area contributed by atoms with Crippen LogP contribution in [0.4, 0.5) is 9.18 Å². The second kappa shape index (κ2) is 19.9. The number of carbonyl (C=O) groups excluding carboxylic acids is 2. The molecule has 2 aliphatic carbocycles. The number of benzene rings is 3. The molecule has 312 valence electrons. The lowest BCUT2D eigenvalue weighted by atomic mass is 9.55. The average Bonchev–Trinajstić information content (AvgIpc) is 3.24. The topological polar surface area (TPSA) is 163 Å². The minimum absolute atomic E-state index is 0.00159. The molecule has 3 N–H and O–H groups in total. The van der Waals surface area contributed by atoms with E-state index in [1.807, 2.05) is 6.07 Å². The Kier molecular flexibility index (Phi) is 14.5. The first-order valence-corrected chi connectivity index (χ1v) is 20.3. The van der Waals surface area contributed by atoms with Crippen molar-refractivity contribution in [2.24, 2.45) is 22.9 Å². The molecule has 3 aliphatic rings. The van der Waals surface area contributed by atoms with Crippen LogP contribution in [0.25, 0.3) is 0 Å². The van der Waals surface area contributed by atoms with Crippen LogP contribution in [0.15, 0.2) is 96.2 Å². The van der Waals surface area contributed by atoms with Crippen molar-refractivity contribution in [1.29, 1.82) is 5.26 Å². The number of halogens is 1. The number of nitrogens with zero attached hydrogens (tertiary/aromatic N) is 3. The minimum atomic E-state index is -1.56. The number of hydrogen-bond acceptors (Lipinski definition) is 10. The predicted molar refractivity (Wildman–Crippen MR) is 219 cm³/mol. The maximum atomic E-state index is 15.1. The summed E-state index contributed by atoms with van der Waals surface area (Å²) in [6.07, 6.45) is 7.63. The Labute approximate surface area is 344 Å². The summed E-state index contributed by atoms with van der Waals surface area (Å²) in [7, 11) is 1.48. The minimum Gasteiger partial charge on any atom is -0.459 e. The Balaban J connectivity index is 1.61. The molecule has 0 radical (unpaired) electrons. The van der Waals surface area contributed by atoms with E-state index in [4.69, 9.17) is 19.0 Å². The van der Waals surface area contributed by atoms with Crippen molar-refractivity contribution < 1.29 is 43.2 Å². The first-order valence-electron chi connectivity index (χ1n) is 20.3. The SMILES string of the molecule is C=CCO[C@@]12Oc3ccc(OC(=O)NCC)cc3[C@H]3[C@H](CCCCO)[C@@H](CCCCO)C=C(C(=NOC)C[C@@H]1N(Cc1ccc(F)cc1)C(=O)c1ccc(C#N)cc1)[C@H]32. The third-order valence-electron chi connectivity index (χ3n) is 11.5. The predicted octanol–water partition coefficient (Wildman–Crippen LogP) is 7.41. The molecule has 1 fully saturated rings. The van der Waals surface area contributed by atoms with E-state index in [-0.39, 0.29) is 56.4 Å². The second-order valence-corrected chi connectivity index (χ2v) is 15.1. The van der Waals surface area contributed by atoms with Crippen LogP contribution >= 0.6 is 0 Å². The smallest absolute Gasteiger partial charge is 0.412 e. The van der Waals surface area contributed by atoms with Gasteiger partial charge in [-0.05, 0) is 110 Å². The molecule has 0 aromatic heterocycles. The number of amides is 2. The van der Waals surface area contributed by atoms with Crippen LogP contribution in [0, 0.1) is 34.9 Å². The molecule has 13 heteroatoms. The van der Waals surface area contributed by atoms with Gasteiger partial charge in [-0.25, -0.2) is 9.18 Å². The summed E-state index contributed by atoms with van der Waals surface area (Å²) in [5.41, 5.74) is 3.62. The highest BCUT2D eigenvalue weighted by Crippen LogP contribution is 2.62. The summed E-state index contributed by atoms with van der Waals surface area (Å²) in [5.74, 6) is -2.52. The molecule has 0 unspecified atom stereocenters. The Morgan fingerprint density at radius 2 is 1.80 bits per heavy atom. The molecule has 3 aromatic rings. The van der Waals surface area contributed by atoms with Crippen LogP contribution in [0.3, 0.4) is 0 Å². The highest BCUT2D eigenvalue weighted by atomic mass is 19.1. The number of allylic oxidation sites excluding steroid dienone is 1. The molecule has 12 nitrogen and oxygen atoms in total. The van der Waals surface area contributed by atoms with Crippen molar-refractivity contribution in [1.82, 2.24) is 10.2 Å². The van der Waals surface area contributed by atoms with E-state index >= 15 is 4.79 Å². The number of oxime groups is 1. The first-order chi connectivity index (χ1) is 28.7. The van der Waals surface area contributed by atoms with Gasteiger partial charge in [-0.3, -0.25) is 4.79 Å². The van der Waals surface area contributed by atoms with Crippen molar-refractivity contribution in [2.75, 3.05) is 33.5 Å². The van der Waals surface area contributed by atoms with Crippen molar-refractivity contribution in [2.45, 2.75) is 76.2 Å². The van der Waals surface area contributed by atoms with Crippen LogP contribution in [0.1, 0.15) is 84.8 Å². The summed E-state index contributed by atoms with van der Waals surface area (Å²) in [6.45, 7) is 6.37. The van der Waals surface area contributed by atoms with Gasteiger partial charge in [0.15, 0.2) is 0 Å². The first kappa shape index (κ1) is 43.0. The summed E-state index contributed by atoms with van der Waals surface area (Å²) in [4.78, 5) is 35.0. The fourth-order valence-corrected chi connectivity index (χ4v) is 9.07. The molecular formula is C46H53FN4O8. The third kappa shape index (κ3) is 9.36. The van der Waals surface area contributed by atoms with Gasteiger partial charge in [0.25, 0.3) is 5.91 Å². The quantitative estimate of drug-likeness (QED) is 0.0675. The van der Waals surface area contributed by atoms with Gasteiger partial charge in [0.05, 0.1) is 29.9 Å². The van der Waals surface area contributed by atoms with Crippen molar-refractivity contribution in [3.8, 4) is 17.6 Å². The van der Waals surface area contributed by atoms with E-state index in [0.29, 0.717) is 53.3 Å². The van der Waals surface area contributed by atoms with Gasteiger partial charge < -0.3 is 39.5 Å². The molecule has 6 atom stereocenters. The number of fused-ring (bicyclic) bond motifs is 2. The third-order valence-corrected chi connectivity index (χ3v) is 11.5. The van der Waals surface area contributed by atoms with E-state index < -0.39 is 29.7 Å². The highest BCUT2D eigenvalue weighted by Gasteiger charge is 2.65. The Hall–Kier alpha value is -5.55. The van der Waals surface area contributed by atoms with Gasteiger partial charge in [0.2, 0.25) is 5.79 Å². The Morgan fingerprint density at radius 3 is 2.46 bits per heavy atom. The molecule has 3 aromatic carbocycles. The van der Waals surface area contributed by atoms with E-state index in [0.717, 1.165) is 36.8 Å². The number of nitriles is 1. The van der Waals surface area contributed by atoms with E-state index in [1.165, 1.54) is 19.2 Å². The van der Waals surface area contributed by atoms with E-state index in [1.54, 1.807) is 66.4 Å². The summed E-state index contributed by atoms with van der Waals surface area (Å²) >= 11 is 0. The van der Waals surface area contributed by atoms with Gasteiger partial charge in [-0.1, -0.05) is 42.3 Å². The second-order valence-electron chi connectivity index (χ2n) is 15.1. The fraction of sp³-hybridized carbons (Fsp3) is 0.435. The molecule has 0 bridgehead atoms. The number of unbranched alkanes of at least 4 members (excludes halogenated alkanes) is 2. The van der Waals surface area contributed by atoms with Gasteiger partial charge in [0.1, 0.15) is 30.5 Å².